The Hall–Kier alpha value is -4.63. The molecule has 2 N–H and O–H groups in total. The number of likely N-dealkylation sites (N-methyl/N-ethyl adjacent to an activating group) is 1. The van der Waals surface area contributed by atoms with Crippen molar-refractivity contribution in [2.45, 2.75) is 6.92 Å². The fraction of sp³-hybridized carbons (Fsp3) is 0.172. The number of nitrogens with zero attached hydrogens (tertiary/aromatic N) is 5. The Morgan fingerprint density at radius 1 is 0.974 bits per heavy atom. The van der Waals surface area contributed by atoms with Gasteiger partial charge in [0, 0.05) is 35.6 Å². The van der Waals surface area contributed by atoms with Gasteiger partial charge in [-0.2, -0.15) is 5.10 Å². The van der Waals surface area contributed by atoms with Crippen LogP contribution in [0.2, 0.25) is 0 Å². The van der Waals surface area contributed by atoms with Crippen LogP contribution < -0.4 is 4.74 Å². The summed E-state index contributed by atoms with van der Waals surface area (Å²) in [6.07, 6.45) is 5.27. The molecule has 0 saturated heterocycles. The Kier molecular flexibility index (Phi) is 6.05. The summed E-state index contributed by atoms with van der Waals surface area (Å²) in [7, 11) is 4.01. The molecule has 4 aromatic heterocycles. The Balaban J connectivity index is 1.40. The van der Waals surface area contributed by atoms with Crippen LogP contribution in [0, 0.1) is 12.7 Å². The van der Waals surface area contributed by atoms with Gasteiger partial charge in [0.25, 0.3) is 0 Å². The fourth-order valence-electron chi connectivity index (χ4n) is 4.48. The molecule has 9 heteroatoms. The van der Waals surface area contributed by atoms with Gasteiger partial charge in [0.15, 0.2) is 11.5 Å². The number of ether oxygens (including phenoxy) is 1. The van der Waals surface area contributed by atoms with Crippen LogP contribution >= 0.6 is 0 Å². The third-order valence-corrected chi connectivity index (χ3v) is 6.48. The molecule has 0 saturated carbocycles. The molecular weight excluding hydrogens is 481 g/mol. The van der Waals surface area contributed by atoms with Crippen molar-refractivity contribution in [1.82, 2.24) is 35.0 Å². The smallest absolute Gasteiger partial charge is 0.181 e. The maximum atomic E-state index is 14.0. The van der Waals surface area contributed by atoms with Gasteiger partial charge in [0.1, 0.15) is 23.9 Å². The van der Waals surface area contributed by atoms with E-state index in [1.165, 1.54) is 12.1 Å². The maximum Gasteiger partial charge on any atom is 0.181 e. The van der Waals surface area contributed by atoms with Crippen LogP contribution in [0.15, 0.2) is 67.1 Å². The van der Waals surface area contributed by atoms with Crippen LogP contribution in [-0.4, -0.2) is 62.3 Å². The third kappa shape index (κ3) is 4.48. The fourth-order valence-corrected chi connectivity index (χ4v) is 4.48. The van der Waals surface area contributed by atoms with Crippen molar-refractivity contribution < 1.29 is 9.13 Å². The van der Waals surface area contributed by atoms with Crippen molar-refractivity contribution >= 4 is 22.1 Å². The van der Waals surface area contributed by atoms with Crippen LogP contribution in [0.4, 0.5) is 4.39 Å². The highest BCUT2D eigenvalue weighted by Crippen LogP contribution is 2.34. The summed E-state index contributed by atoms with van der Waals surface area (Å²) >= 11 is 0. The largest absolute Gasteiger partial charge is 0.491 e. The van der Waals surface area contributed by atoms with Gasteiger partial charge >= 0.3 is 0 Å². The molecule has 6 aromatic rings. The maximum absolute atomic E-state index is 14.0. The van der Waals surface area contributed by atoms with Crippen molar-refractivity contribution in [3.05, 3.63) is 78.5 Å². The summed E-state index contributed by atoms with van der Waals surface area (Å²) < 4.78 is 19.8. The Morgan fingerprint density at radius 2 is 1.84 bits per heavy atom. The van der Waals surface area contributed by atoms with E-state index in [-0.39, 0.29) is 5.82 Å². The second-order valence-corrected chi connectivity index (χ2v) is 9.50. The molecule has 0 atom stereocenters. The number of pyridine rings is 2. The average molecular weight is 508 g/mol. The second kappa shape index (κ2) is 9.68. The Bertz CT molecular complexity index is 1770. The van der Waals surface area contributed by atoms with Gasteiger partial charge in [0.05, 0.1) is 22.6 Å². The highest BCUT2D eigenvalue weighted by molar-refractivity contribution is 5.98. The molecule has 6 rings (SSSR count). The molecule has 0 fully saturated rings. The van der Waals surface area contributed by atoms with Gasteiger partial charge < -0.3 is 14.6 Å². The molecule has 0 unspecified atom stereocenters. The lowest BCUT2D eigenvalue weighted by Crippen LogP contribution is -2.19. The van der Waals surface area contributed by atoms with Crippen molar-refractivity contribution in [2.24, 2.45) is 0 Å². The molecule has 0 aliphatic carbocycles. The highest BCUT2D eigenvalue weighted by Gasteiger charge is 2.17. The minimum atomic E-state index is -0.282. The van der Waals surface area contributed by atoms with Crippen LogP contribution in [0.3, 0.4) is 0 Å². The number of aromatic amines is 2. The lowest BCUT2D eigenvalue weighted by molar-refractivity contribution is 0.261. The average Bonchev–Trinajstić information content (AvgIpc) is 3.54. The van der Waals surface area contributed by atoms with Gasteiger partial charge in [0.2, 0.25) is 0 Å². The standard InChI is InChI=1S/C29H26FN7O/c1-17-7-8-23(18-5-4-6-21(30)11-18)26-25(17)33-29(34-26)27-24-13-20(15-32-28(24)36-35-27)19-12-22(16-31-14-19)38-10-9-37(2)3/h4-8,11-16H,9-10H2,1-3H3,(H,33,34)(H,32,35,36). The number of benzene rings is 2. The molecule has 0 bridgehead atoms. The van der Waals surface area contributed by atoms with Gasteiger partial charge in [-0.15, -0.1) is 0 Å². The second-order valence-electron chi connectivity index (χ2n) is 9.50. The summed E-state index contributed by atoms with van der Waals surface area (Å²) in [5, 5.41) is 8.32. The predicted octanol–water partition coefficient (Wildman–Crippen LogP) is 5.62. The summed E-state index contributed by atoms with van der Waals surface area (Å²) in [5.41, 5.74) is 7.42. The van der Waals surface area contributed by atoms with Crippen molar-refractivity contribution in [3.8, 4) is 39.5 Å². The van der Waals surface area contributed by atoms with Crippen LogP contribution in [-0.2, 0) is 0 Å². The van der Waals surface area contributed by atoms with E-state index in [4.69, 9.17) is 9.72 Å². The molecular formula is C29H26FN7O. The van der Waals surface area contributed by atoms with Crippen molar-refractivity contribution in [1.29, 1.82) is 0 Å². The first-order valence-electron chi connectivity index (χ1n) is 12.3. The molecule has 4 heterocycles. The van der Waals surface area contributed by atoms with Crippen molar-refractivity contribution in [2.75, 3.05) is 27.2 Å². The number of fused-ring (bicyclic) bond motifs is 2. The van der Waals surface area contributed by atoms with E-state index < -0.39 is 0 Å². The Labute approximate surface area is 218 Å². The van der Waals surface area contributed by atoms with E-state index in [1.807, 2.05) is 51.4 Å². The number of imidazole rings is 1. The first kappa shape index (κ1) is 23.7. The number of hydrogen-bond acceptors (Lipinski definition) is 6. The normalized spacial score (nSPS) is 11.6. The monoisotopic (exact) mass is 507 g/mol. The number of halogens is 1. The number of nitrogens with one attached hydrogen (secondary N) is 2. The first-order valence-corrected chi connectivity index (χ1v) is 12.3. The SMILES string of the molecule is Cc1ccc(-c2cccc(F)c2)c2[nH]c(-c3[nH]nc4ncc(-c5cncc(OCCN(C)C)c5)cc34)nc12. The number of aromatic nitrogens is 6. The topological polar surface area (TPSA) is 95.6 Å². The minimum Gasteiger partial charge on any atom is -0.491 e. The number of rotatable bonds is 7. The lowest BCUT2D eigenvalue weighted by atomic mass is 10.0. The van der Waals surface area contributed by atoms with E-state index in [0.717, 1.165) is 56.5 Å². The van der Waals surface area contributed by atoms with Gasteiger partial charge in [-0.25, -0.2) is 14.4 Å². The van der Waals surface area contributed by atoms with Crippen molar-refractivity contribution in [3.63, 3.8) is 0 Å². The molecule has 0 aliphatic heterocycles. The molecule has 0 spiro atoms. The first-order chi connectivity index (χ1) is 18.5. The van der Waals surface area contributed by atoms with Gasteiger partial charge in [-0.05, 0) is 56.4 Å². The van der Waals surface area contributed by atoms with Gasteiger partial charge in [-0.3, -0.25) is 10.1 Å². The van der Waals surface area contributed by atoms with E-state index in [0.29, 0.717) is 23.8 Å². The Morgan fingerprint density at radius 3 is 2.68 bits per heavy atom. The van der Waals surface area contributed by atoms with E-state index >= 15 is 0 Å². The number of hydrogen-bond donors (Lipinski definition) is 2. The number of H-pyrrole nitrogens is 2. The van der Waals surface area contributed by atoms with E-state index in [1.54, 1.807) is 24.7 Å². The zero-order chi connectivity index (χ0) is 26.2. The molecule has 2 aromatic carbocycles. The van der Waals surface area contributed by atoms with Gasteiger partial charge in [-0.1, -0.05) is 24.3 Å². The zero-order valence-electron chi connectivity index (χ0n) is 21.3. The molecule has 190 valence electrons. The molecule has 8 nitrogen and oxygen atoms in total. The summed E-state index contributed by atoms with van der Waals surface area (Å²) in [6, 6.07) is 14.5. The minimum absolute atomic E-state index is 0.282. The van der Waals surface area contributed by atoms with E-state index in [9.17, 15) is 4.39 Å². The zero-order valence-corrected chi connectivity index (χ0v) is 21.3. The van der Waals surface area contributed by atoms with Crippen LogP contribution in [0.5, 0.6) is 5.75 Å². The van der Waals surface area contributed by atoms with Crippen LogP contribution in [0.25, 0.3) is 55.8 Å². The predicted molar refractivity (Wildman–Crippen MR) is 146 cm³/mol. The summed E-state index contributed by atoms with van der Waals surface area (Å²) in [4.78, 5) is 19.3. The van der Waals surface area contributed by atoms with Crippen LogP contribution in [0.1, 0.15) is 5.56 Å². The molecule has 0 amide bonds. The highest BCUT2D eigenvalue weighted by atomic mass is 19.1. The summed E-state index contributed by atoms with van der Waals surface area (Å²) in [6.45, 7) is 3.39. The third-order valence-electron chi connectivity index (χ3n) is 6.48. The molecule has 0 radical (unpaired) electrons. The lowest BCUT2D eigenvalue weighted by Gasteiger charge is -2.11. The molecule has 0 aliphatic rings. The summed E-state index contributed by atoms with van der Waals surface area (Å²) in [5.74, 6) is 1.05. The molecule has 38 heavy (non-hydrogen) atoms. The van der Waals surface area contributed by atoms with E-state index in [2.05, 4.69) is 30.0 Å². The number of aryl methyl sites for hydroxylation is 1. The quantitative estimate of drug-likeness (QED) is 0.291.